The normalized spacial score (nSPS) is 21.5. The molecule has 1 N–H and O–H groups in total. The molecule has 0 bridgehead atoms. The Morgan fingerprint density at radius 3 is 1.65 bits per heavy atom. The number of hydrogen-bond acceptors (Lipinski definition) is 2. The van der Waals surface area contributed by atoms with Crippen LogP contribution in [0.4, 0.5) is 5.69 Å². The molecule has 2 nitrogen and oxygen atoms in total. The number of halogens is 2. The molecule has 3 aliphatic carbocycles. The predicted molar refractivity (Wildman–Crippen MR) is 193 cm³/mol. The summed E-state index contributed by atoms with van der Waals surface area (Å²) in [4.78, 5) is 2.29. The summed E-state index contributed by atoms with van der Waals surface area (Å²) in [6, 6.07) is 14.5. The summed E-state index contributed by atoms with van der Waals surface area (Å²) in [6.45, 7) is 8.20. The SMILES string of the molecule is C1CCC([PH+](C2CCCCC2)C2CCCCC2)CC1.Cc1cc(C)c(N2CCN[C]2=[Ru]([Cl])([Cl])=[CH]c2ccccc2)c(C)c1. The summed E-state index contributed by atoms with van der Waals surface area (Å²) >= 11 is -3.14. The molecule has 1 aliphatic heterocycles. The molecular formula is C37H56Cl2N2PRu+. The molecule has 2 aromatic rings. The van der Waals surface area contributed by atoms with Gasteiger partial charge in [-0.1, -0.05) is 19.3 Å². The Labute approximate surface area is 274 Å². The van der Waals surface area contributed by atoms with Crippen molar-refractivity contribution in [3.8, 4) is 0 Å². The first-order valence-corrected chi connectivity index (χ1v) is 25.3. The van der Waals surface area contributed by atoms with Crippen LogP contribution in [0, 0.1) is 20.8 Å². The zero-order valence-corrected chi connectivity index (χ0v) is 31.2. The van der Waals surface area contributed by atoms with Crippen LogP contribution in [-0.4, -0.2) is 39.0 Å². The maximum absolute atomic E-state index is 6.90. The van der Waals surface area contributed by atoms with Crippen LogP contribution in [-0.2, 0) is 11.9 Å². The van der Waals surface area contributed by atoms with Crippen molar-refractivity contribution in [2.45, 2.75) is 134 Å². The topological polar surface area (TPSA) is 15.3 Å². The molecule has 1 saturated heterocycles. The first-order chi connectivity index (χ1) is 20.8. The van der Waals surface area contributed by atoms with Gasteiger partial charge in [0, 0.05) is 7.92 Å². The van der Waals surface area contributed by atoms with Gasteiger partial charge in [0.15, 0.2) is 0 Å². The summed E-state index contributed by atoms with van der Waals surface area (Å²) in [5.74, 6) is 0. The Bertz CT molecular complexity index is 1230. The Kier molecular flexibility index (Phi) is 12.9. The van der Waals surface area contributed by atoms with Crippen molar-refractivity contribution in [3.05, 3.63) is 64.7 Å². The van der Waals surface area contributed by atoms with Gasteiger partial charge in [-0.2, -0.15) is 0 Å². The van der Waals surface area contributed by atoms with Gasteiger partial charge in [0.25, 0.3) is 0 Å². The van der Waals surface area contributed by atoms with Crippen molar-refractivity contribution in [3.63, 3.8) is 0 Å². The zero-order chi connectivity index (χ0) is 30.2. The second-order valence-corrected chi connectivity index (χ2v) is 26.3. The molecular weight excluding hydrogens is 675 g/mol. The van der Waals surface area contributed by atoms with Gasteiger partial charge in [-0.05, 0) is 77.0 Å². The van der Waals surface area contributed by atoms with E-state index in [4.69, 9.17) is 19.4 Å². The van der Waals surface area contributed by atoms with Crippen LogP contribution in [0.15, 0.2) is 42.5 Å². The van der Waals surface area contributed by atoms with Crippen LogP contribution in [0.5, 0.6) is 0 Å². The molecule has 0 spiro atoms. The van der Waals surface area contributed by atoms with Gasteiger partial charge >= 0.3 is 155 Å². The monoisotopic (exact) mass is 731 g/mol. The van der Waals surface area contributed by atoms with Crippen molar-refractivity contribution >= 4 is 42.0 Å². The van der Waals surface area contributed by atoms with Crippen LogP contribution in [0.1, 0.15) is 119 Å². The third-order valence-corrected chi connectivity index (χ3v) is 20.3. The number of nitrogens with zero attached hydrogens (tertiary/aromatic N) is 1. The van der Waals surface area contributed by atoms with Crippen molar-refractivity contribution in [2.24, 2.45) is 0 Å². The van der Waals surface area contributed by atoms with E-state index in [1.54, 1.807) is 96.3 Å². The fraction of sp³-hybridized carbons (Fsp3) is 0.622. The fourth-order valence-electron chi connectivity index (χ4n) is 8.50. The molecule has 0 aromatic heterocycles. The quantitative estimate of drug-likeness (QED) is 0.243. The van der Waals surface area contributed by atoms with Crippen molar-refractivity contribution in [2.75, 3.05) is 18.0 Å². The molecule has 43 heavy (non-hydrogen) atoms. The Morgan fingerprint density at radius 1 is 0.721 bits per heavy atom. The van der Waals surface area contributed by atoms with Gasteiger partial charge in [-0.25, -0.2) is 0 Å². The van der Waals surface area contributed by atoms with Gasteiger partial charge < -0.3 is 0 Å². The molecule has 240 valence electrons. The molecule has 0 amide bonds. The van der Waals surface area contributed by atoms with E-state index >= 15 is 0 Å². The number of benzene rings is 2. The van der Waals surface area contributed by atoms with Crippen LogP contribution in [0.2, 0.25) is 0 Å². The zero-order valence-electron chi connectivity index (χ0n) is 26.9. The minimum atomic E-state index is -3.14. The Balaban J connectivity index is 0.000000176. The second kappa shape index (κ2) is 16.4. The molecule has 3 saturated carbocycles. The van der Waals surface area contributed by atoms with E-state index in [2.05, 4.69) is 47.7 Å². The van der Waals surface area contributed by atoms with Crippen molar-refractivity contribution < 1.29 is 11.9 Å². The number of hydrogen-bond donors (Lipinski definition) is 1. The average molecular weight is 732 g/mol. The Hall–Kier alpha value is -0.427. The number of nitrogens with one attached hydrogen (secondary N) is 1. The van der Waals surface area contributed by atoms with Crippen LogP contribution < -0.4 is 10.2 Å². The van der Waals surface area contributed by atoms with E-state index in [9.17, 15) is 0 Å². The molecule has 4 fully saturated rings. The van der Waals surface area contributed by atoms with E-state index < -0.39 is 11.9 Å². The molecule has 0 unspecified atom stereocenters. The summed E-state index contributed by atoms with van der Waals surface area (Å²) in [6.07, 6.45) is 23.8. The third-order valence-electron chi connectivity index (χ3n) is 10.2. The van der Waals surface area contributed by atoms with E-state index in [1.807, 2.05) is 30.3 Å². The van der Waals surface area contributed by atoms with Gasteiger partial charge in [0.1, 0.15) is 0 Å². The fourth-order valence-corrected chi connectivity index (χ4v) is 19.1. The van der Waals surface area contributed by atoms with Crippen LogP contribution in [0.3, 0.4) is 0 Å². The van der Waals surface area contributed by atoms with E-state index in [0.29, 0.717) is 0 Å². The standard InChI is InChI=1S/C18H33P.C12H16N2.C7H6.2ClH.Ru/c1-4-10-16(11-5-1)19(17-12-6-2-7-13-17)18-14-8-3-9-15-18;1-9-6-10(2)12(11(3)7-9)14-5-4-13-8-14;1-7-5-3-2-4-6-7;;;/h16-18H,1-15H2;6-7,13H,4-5H2,1-3H3;1-6H;2*1H;/q;;;;;+2/p-1. The first-order valence-electron chi connectivity index (χ1n) is 17.2. The van der Waals surface area contributed by atoms with E-state index in [-0.39, 0.29) is 7.92 Å². The number of rotatable bonds is 5. The van der Waals surface area contributed by atoms with Gasteiger partial charge in [-0.15, -0.1) is 0 Å². The minimum absolute atomic E-state index is 0.0465. The van der Waals surface area contributed by atoms with Crippen molar-refractivity contribution in [1.29, 1.82) is 0 Å². The summed E-state index contributed by atoms with van der Waals surface area (Å²) in [5, 5.41) is 3.46. The van der Waals surface area contributed by atoms with Crippen LogP contribution >= 0.6 is 27.3 Å². The average Bonchev–Trinajstić information content (AvgIpc) is 3.50. The first kappa shape index (κ1) is 33.9. The second-order valence-electron chi connectivity index (χ2n) is 13.6. The summed E-state index contributed by atoms with van der Waals surface area (Å²) in [7, 11) is 13.7. The Morgan fingerprint density at radius 2 is 1.19 bits per heavy atom. The molecule has 4 aliphatic rings. The van der Waals surface area contributed by atoms with E-state index in [1.165, 1.54) is 39.4 Å². The predicted octanol–water partition coefficient (Wildman–Crippen LogP) is 10.6. The van der Waals surface area contributed by atoms with Gasteiger partial charge in [0.05, 0.1) is 17.0 Å². The summed E-state index contributed by atoms with van der Waals surface area (Å²) in [5.41, 5.74) is 9.79. The molecule has 6 heteroatoms. The number of aryl methyl sites for hydroxylation is 3. The van der Waals surface area contributed by atoms with Gasteiger partial charge in [0.2, 0.25) is 0 Å². The molecule has 0 radical (unpaired) electrons. The van der Waals surface area contributed by atoms with E-state index in [0.717, 1.165) is 23.0 Å². The third kappa shape index (κ3) is 9.10. The van der Waals surface area contributed by atoms with Crippen LogP contribution in [0.25, 0.3) is 0 Å². The molecule has 6 rings (SSSR count). The summed E-state index contributed by atoms with van der Waals surface area (Å²) < 4.78 is 3.05. The number of anilines is 1. The molecule has 0 atom stereocenters. The molecule has 2 aromatic carbocycles. The maximum atomic E-state index is 6.90. The molecule has 1 heterocycles. The van der Waals surface area contributed by atoms with Gasteiger partial charge in [-0.3, -0.25) is 0 Å². The van der Waals surface area contributed by atoms with Crippen molar-refractivity contribution in [1.82, 2.24) is 5.32 Å².